The predicted octanol–water partition coefficient (Wildman–Crippen LogP) is 3.86. The lowest BCUT2D eigenvalue weighted by Gasteiger charge is -2.16. The highest BCUT2D eigenvalue weighted by Gasteiger charge is 2.13. The molecule has 0 unspecified atom stereocenters. The molecular formula is C21H21FN4O3S. The molecule has 0 bridgehead atoms. The number of hydrogen-bond donors (Lipinski definition) is 3. The van der Waals surface area contributed by atoms with Crippen LogP contribution >= 0.6 is 0 Å². The maximum absolute atomic E-state index is 13.2. The maximum atomic E-state index is 13.2. The summed E-state index contributed by atoms with van der Waals surface area (Å²) in [6.45, 7) is 3.29. The average molecular weight is 428 g/mol. The van der Waals surface area contributed by atoms with Crippen LogP contribution in [0.15, 0.2) is 71.5 Å². The summed E-state index contributed by atoms with van der Waals surface area (Å²) >= 11 is 0. The number of benzene rings is 2. The summed E-state index contributed by atoms with van der Waals surface area (Å²) in [5.74, 6) is -0.355. The van der Waals surface area contributed by atoms with E-state index in [4.69, 9.17) is 0 Å². The molecule has 0 saturated carbocycles. The van der Waals surface area contributed by atoms with Crippen molar-refractivity contribution in [2.24, 2.45) is 7.05 Å². The van der Waals surface area contributed by atoms with Crippen molar-refractivity contribution in [2.75, 3.05) is 22.4 Å². The van der Waals surface area contributed by atoms with Crippen LogP contribution in [0.4, 0.5) is 27.1 Å². The zero-order valence-corrected chi connectivity index (χ0v) is 17.3. The van der Waals surface area contributed by atoms with Gasteiger partial charge in [-0.2, -0.15) is 0 Å². The number of nitrogens with zero attached hydrogens (tertiary/aromatic N) is 1. The van der Waals surface area contributed by atoms with Crippen LogP contribution in [0.1, 0.15) is 0 Å². The Morgan fingerprint density at radius 3 is 2.33 bits per heavy atom. The summed E-state index contributed by atoms with van der Waals surface area (Å²) in [5, 5.41) is 6.89. The average Bonchev–Trinajstić information content (AvgIpc) is 2.72. The minimum Gasteiger partial charge on any atom is -0.384 e. The highest BCUT2D eigenvalue weighted by molar-refractivity contribution is 7.95. The first-order valence-corrected chi connectivity index (χ1v) is 10.5. The second-order valence-corrected chi connectivity index (χ2v) is 8.14. The Labute approximate surface area is 173 Å². The predicted molar refractivity (Wildman–Crippen MR) is 119 cm³/mol. The minimum atomic E-state index is -3.69. The quantitative estimate of drug-likeness (QED) is 0.531. The molecule has 3 rings (SSSR count). The molecular weight excluding hydrogens is 407 g/mol. The van der Waals surface area contributed by atoms with Gasteiger partial charge >= 0.3 is 0 Å². The van der Waals surface area contributed by atoms with Gasteiger partial charge in [0.05, 0.1) is 0 Å². The molecule has 7 nitrogen and oxygen atoms in total. The summed E-state index contributed by atoms with van der Waals surface area (Å²) in [5.41, 5.74) is 3.12. The number of rotatable bonds is 7. The molecule has 0 saturated heterocycles. The molecule has 0 amide bonds. The van der Waals surface area contributed by atoms with E-state index in [0.29, 0.717) is 33.9 Å². The lowest BCUT2D eigenvalue weighted by Crippen LogP contribution is -2.19. The second kappa shape index (κ2) is 8.42. The van der Waals surface area contributed by atoms with Crippen molar-refractivity contribution in [1.82, 2.24) is 4.57 Å². The van der Waals surface area contributed by atoms with E-state index in [0.717, 1.165) is 5.41 Å². The van der Waals surface area contributed by atoms with Crippen molar-refractivity contribution in [2.45, 2.75) is 0 Å². The van der Waals surface area contributed by atoms with E-state index in [2.05, 4.69) is 21.9 Å². The number of aromatic nitrogens is 1. The smallest absolute Gasteiger partial charge is 0.273 e. The number of hydrogen-bond acceptors (Lipinski definition) is 5. The molecule has 1 aromatic heterocycles. The number of nitrogens with one attached hydrogen (secondary N) is 3. The molecule has 3 N–H and O–H groups in total. The standard InChI is InChI=1S/C21H21FN4O3S/c1-4-30(28,29)25-17-9-10-19(24-16-7-5-15(22)6-8-16)18(12-17)14-11-20(23-2)21(27)26(3)13-14/h4-13,23-25H,1H2,2-3H3. The normalized spacial score (nSPS) is 11.0. The maximum Gasteiger partial charge on any atom is 0.273 e. The first-order chi connectivity index (χ1) is 14.2. The summed E-state index contributed by atoms with van der Waals surface area (Å²) in [6, 6.07) is 12.5. The minimum absolute atomic E-state index is 0.196. The van der Waals surface area contributed by atoms with Gasteiger partial charge in [-0.25, -0.2) is 12.8 Å². The van der Waals surface area contributed by atoms with Crippen molar-refractivity contribution >= 4 is 32.8 Å². The molecule has 0 aliphatic heterocycles. The molecule has 1 heterocycles. The Morgan fingerprint density at radius 1 is 1.03 bits per heavy atom. The Bertz CT molecular complexity index is 1250. The zero-order valence-electron chi connectivity index (χ0n) is 16.4. The van der Waals surface area contributed by atoms with Crippen LogP contribution in [0, 0.1) is 5.82 Å². The van der Waals surface area contributed by atoms with Gasteiger partial charge in [0.15, 0.2) is 0 Å². The summed E-state index contributed by atoms with van der Waals surface area (Å²) in [6.07, 6.45) is 1.65. The first kappa shape index (κ1) is 21.1. The largest absolute Gasteiger partial charge is 0.384 e. The van der Waals surface area contributed by atoms with Gasteiger partial charge in [0.2, 0.25) is 0 Å². The topological polar surface area (TPSA) is 92.2 Å². The molecule has 2 aromatic carbocycles. The van der Waals surface area contributed by atoms with Gasteiger partial charge in [-0.05, 0) is 48.5 Å². The number of anilines is 4. The van der Waals surface area contributed by atoms with E-state index < -0.39 is 10.0 Å². The monoisotopic (exact) mass is 428 g/mol. The van der Waals surface area contributed by atoms with Crippen LogP contribution < -0.4 is 20.9 Å². The molecule has 156 valence electrons. The van der Waals surface area contributed by atoms with E-state index in [1.807, 2.05) is 0 Å². The van der Waals surface area contributed by atoms with Crippen molar-refractivity contribution < 1.29 is 12.8 Å². The van der Waals surface area contributed by atoms with Gasteiger partial charge in [-0.15, -0.1) is 0 Å². The third-order valence-corrected chi connectivity index (χ3v) is 5.35. The Hall–Kier alpha value is -3.59. The number of halogens is 1. The van der Waals surface area contributed by atoms with Gasteiger partial charge in [-0.1, -0.05) is 6.58 Å². The number of sulfonamides is 1. The van der Waals surface area contributed by atoms with Crippen LogP contribution in [0.5, 0.6) is 0 Å². The molecule has 0 aliphatic carbocycles. The van der Waals surface area contributed by atoms with Crippen LogP contribution in [-0.2, 0) is 17.1 Å². The summed E-state index contributed by atoms with van der Waals surface area (Å²) in [4.78, 5) is 12.2. The lowest BCUT2D eigenvalue weighted by atomic mass is 10.0. The highest BCUT2D eigenvalue weighted by Crippen LogP contribution is 2.34. The van der Waals surface area contributed by atoms with Crippen molar-refractivity contribution in [3.05, 3.63) is 82.9 Å². The SMILES string of the molecule is C=CS(=O)(=O)Nc1ccc(Nc2ccc(F)cc2)c(-c2cc(NC)c(=O)n(C)c2)c1. The fraction of sp³-hybridized carbons (Fsp3) is 0.0952. The fourth-order valence-corrected chi connectivity index (χ4v) is 3.43. The molecule has 0 atom stereocenters. The third-order valence-electron chi connectivity index (χ3n) is 4.39. The molecule has 30 heavy (non-hydrogen) atoms. The van der Waals surface area contributed by atoms with Crippen LogP contribution in [-0.4, -0.2) is 20.0 Å². The van der Waals surface area contributed by atoms with Gasteiger partial charge in [0, 0.05) is 53.9 Å². The van der Waals surface area contributed by atoms with Crippen molar-refractivity contribution in [3.8, 4) is 11.1 Å². The van der Waals surface area contributed by atoms with Crippen LogP contribution in [0.2, 0.25) is 0 Å². The fourth-order valence-electron chi connectivity index (χ4n) is 2.89. The third kappa shape index (κ3) is 4.69. The number of aryl methyl sites for hydroxylation is 1. The lowest BCUT2D eigenvalue weighted by molar-refractivity contribution is 0.609. The summed E-state index contributed by atoms with van der Waals surface area (Å²) < 4.78 is 40.9. The first-order valence-electron chi connectivity index (χ1n) is 8.93. The molecule has 0 aliphatic rings. The Balaban J connectivity index is 2.15. The van der Waals surface area contributed by atoms with E-state index in [1.165, 1.54) is 16.7 Å². The van der Waals surface area contributed by atoms with E-state index in [1.54, 1.807) is 56.7 Å². The van der Waals surface area contributed by atoms with E-state index in [9.17, 15) is 17.6 Å². The van der Waals surface area contributed by atoms with Gasteiger partial charge in [0.1, 0.15) is 11.5 Å². The van der Waals surface area contributed by atoms with Crippen molar-refractivity contribution in [3.63, 3.8) is 0 Å². The molecule has 0 fully saturated rings. The molecule has 3 aromatic rings. The Kier molecular flexibility index (Phi) is 5.93. The molecule has 9 heteroatoms. The van der Waals surface area contributed by atoms with E-state index in [-0.39, 0.29) is 11.4 Å². The highest BCUT2D eigenvalue weighted by atomic mass is 32.2. The van der Waals surface area contributed by atoms with Crippen LogP contribution in [0.3, 0.4) is 0 Å². The van der Waals surface area contributed by atoms with Crippen LogP contribution in [0.25, 0.3) is 11.1 Å². The van der Waals surface area contributed by atoms with E-state index >= 15 is 0 Å². The molecule has 0 spiro atoms. The van der Waals surface area contributed by atoms with Gasteiger partial charge < -0.3 is 15.2 Å². The zero-order chi connectivity index (χ0) is 21.9. The summed E-state index contributed by atoms with van der Waals surface area (Å²) in [7, 11) is -0.417. The molecule has 0 radical (unpaired) electrons. The van der Waals surface area contributed by atoms with Gasteiger partial charge in [-0.3, -0.25) is 9.52 Å². The van der Waals surface area contributed by atoms with Crippen molar-refractivity contribution in [1.29, 1.82) is 0 Å². The number of pyridine rings is 1. The second-order valence-electron chi connectivity index (χ2n) is 6.51. The van der Waals surface area contributed by atoms with Gasteiger partial charge in [0.25, 0.3) is 15.6 Å². The Morgan fingerprint density at radius 2 is 1.70 bits per heavy atom.